The molecule has 1 unspecified atom stereocenters. The summed E-state index contributed by atoms with van der Waals surface area (Å²) in [5.74, 6) is -1.13. The summed E-state index contributed by atoms with van der Waals surface area (Å²) in [4.78, 5) is 12.9. The van der Waals surface area contributed by atoms with Crippen molar-refractivity contribution in [3.63, 3.8) is 0 Å². The standard InChI is InChI=1S/C24H28FNO4/c1-16(2)21-15-24(17-6-8-18(25)9-7-17,26-12-4-3-5-22(21)26)11-10-19(27)13-20(28)14-23(29)30/h3-12,16,19-20,27-28H,13-15H2,1-2H3,(H,29,30)/b11-10+/t19-,20-,24?/m1/s1. The Morgan fingerprint density at radius 2 is 1.93 bits per heavy atom. The van der Waals surface area contributed by atoms with Crippen LogP contribution in [0.4, 0.5) is 4.39 Å². The van der Waals surface area contributed by atoms with Gasteiger partial charge in [0.15, 0.2) is 0 Å². The Bertz CT molecular complexity index is 900. The first-order valence-corrected chi connectivity index (χ1v) is 10.1. The van der Waals surface area contributed by atoms with Crippen molar-refractivity contribution in [2.24, 2.45) is 5.92 Å². The molecule has 30 heavy (non-hydrogen) atoms. The zero-order valence-electron chi connectivity index (χ0n) is 17.2. The average Bonchev–Trinajstić information content (AvgIpc) is 3.02. The summed E-state index contributed by atoms with van der Waals surface area (Å²) in [5, 5.41) is 29.1. The predicted molar refractivity (Wildman–Crippen MR) is 113 cm³/mol. The third-order valence-corrected chi connectivity index (χ3v) is 5.64. The molecule has 160 valence electrons. The third-order valence-electron chi connectivity index (χ3n) is 5.64. The fraction of sp³-hybridized carbons (Fsp3) is 0.375. The second-order valence-corrected chi connectivity index (χ2v) is 8.16. The second kappa shape index (κ2) is 8.98. The van der Waals surface area contributed by atoms with Gasteiger partial charge in [0.1, 0.15) is 5.82 Å². The van der Waals surface area contributed by atoms with Gasteiger partial charge in [0.05, 0.1) is 24.2 Å². The highest BCUT2D eigenvalue weighted by atomic mass is 19.1. The van der Waals surface area contributed by atoms with Crippen LogP contribution in [-0.2, 0) is 10.3 Å². The van der Waals surface area contributed by atoms with Crippen LogP contribution in [0.2, 0.25) is 0 Å². The summed E-state index contributed by atoms with van der Waals surface area (Å²) in [7, 11) is 0. The molecule has 0 aromatic heterocycles. The van der Waals surface area contributed by atoms with E-state index < -0.39 is 30.1 Å². The maximum absolute atomic E-state index is 13.6. The van der Waals surface area contributed by atoms with Crippen LogP contribution in [0.15, 0.2) is 72.1 Å². The van der Waals surface area contributed by atoms with Crippen LogP contribution in [0.25, 0.3) is 0 Å². The molecular weight excluding hydrogens is 385 g/mol. The van der Waals surface area contributed by atoms with Crippen LogP contribution in [0.1, 0.15) is 38.7 Å². The van der Waals surface area contributed by atoms with Gasteiger partial charge < -0.3 is 20.2 Å². The Morgan fingerprint density at radius 3 is 2.57 bits per heavy atom. The predicted octanol–water partition coefficient (Wildman–Crippen LogP) is 3.86. The number of carbonyl (C=O) groups is 1. The number of hydrogen-bond donors (Lipinski definition) is 3. The van der Waals surface area contributed by atoms with Crippen LogP contribution in [0, 0.1) is 11.7 Å². The first kappa shape index (κ1) is 22.0. The van der Waals surface area contributed by atoms with Crippen molar-refractivity contribution in [2.75, 3.05) is 0 Å². The molecule has 0 radical (unpaired) electrons. The van der Waals surface area contributed by atoms with Crippen molar-refractivity contribution in [1.82, 2.24) is 4.90 Å². The lowest BCUT2D eigenvalue weighted by atomic mass is 9.82. The molecule has 2 aliphatic rings. The maximum atomic E-state index is 13.6. The molecule has 3 N–H and O–H groups in total. The molecule has 0 aliphatic carbocycles. The molecule has 3 rings (SSSR count). The number of carboxylic acids is 1. The highest BCUT2D eigenvalue weighted by molar-refractivity contribution is 5.67. The van der Waals surface area contributed by atoms with Gasteiger partial charge in [-0.1, -0.05) is 44.2 Å². The van der Waals surface area contributed by atoms with Crippen LogP contribution in [0.3, 0.4) is 0 Å². The highest BCUT2D eigenvalue weighted by Gasteiger charge is 2.44. The molecule has 3 atom stereocenters. The van der Waals surface area contributed by atoms with E-state index in [1.54, 1.807) is 18.2 Å². The fourth-order valence-electron chi connectivity index (χ4n) is 4.15. The van der Waals surface area contributed by atoms with Crippen LogP contribution in [-0.4, -0.2) is 38.4 Å². The van der Waals surface area contributed by atoms with Crippen molar-refractivity contribution in [1.29, 1.82) is 0 Å². The summed E-state index contributed by atoms with van der Waals surface area (Å²) in [6.45, 7) is 4.27. The third kappa shape index (κ3) is 4.55. The molecular formula is C24H28FNO4. The largest absolute Gasteiger partial charge is 0.481 e. The highest BCUT2D eigenvalue weighted by Crippen LogP contribution is 2.49. The topological polar surface area (TPSA) is 81.0 Å². The molecule has 1 aromatic rings. The average molecular weight is 413 g/mol. The zero-order valence-corrected chi connectivity index (χ0v) is 17.2. The first-order valence-electron chi connectivity index (χ1n) is 10.1. The lowest BCUT2D eigenvalue weighted by Gasteiger charge is -2.38. The summed E-state index contributed by atoms with van der Waals surface area (Å²) in [6, 6.07) is 6.35. The molecule has 1 aromatic carbocycles. The second-order valence-electron chi connectivity index (χ2n) is 8.16. The Kier molecular flexibility index (Phi) is 6.58. The first-order chi connectivity index (χ1) is 14.2. The Hall–Kier alpha value is -2.70. The normalized spacial score (nSPS) is 22.8. The number of allylic oxidation sites excluding steroid dienone is 3. The molecule has 0 bridgehead atoms. The van der Waals surface area contributed by atoms with E-state index in [2.05, 4.69) is 24.8 Å². The Labute approximate surface area is 176 Å². The number of aliphatic carboxylic acids is 1. The Balaban J connectivity index is 1.96. The van der Waals surface area contributed by atoms with Gasteiger partial charge >= 0.3 is 5.97 Å². The quantitative estimate of drug-likeness (QED) is 0.564. The summed E-state index contributed by atoms with van der Waals surface area (Å²) < 4.78 is 13.6. The van der Waals surface area contributed by atoms with Crippen molar-refractivity contribution >= 4 is 5.97 Å². The van der Waals surface area contributed by atoms with E-state index in [1.807, 2.05) is 24.4 Å². The van der Waals surface area contributed by atoms with Crippen LogP contribution >= 0.6 is 0 Å². The van der Waals surface area contributed by atoms with E-state index in [4.69, 9.17) is 5.11 Å². The molecule has 2 aliphatic heterocycles. The number of benzene rings is 1. The molecule has 5 nitrogen and oxygen atoms in total. The van der Waals surface area contributed by atoms with Crippen molar-refractivity contribution < 1.29 is 24.5 Å². The van der Waals surface area contributed by atoms with Crippen molar-refractivity contribution in [3.05, 3.63) is 83.5 Å². The molecule has 2 heterocycles. The van der Waals surface area contributed by atoms with Gasteiger partial charge in [-0.15, -0.1) is 0 Å². The summed E-state index contributed by atoms with van der Waals surface area (Å²) >= 11 is 0. The SMILES string of the molecule is CC(C)C1=C2C=CC=CN2C(/C=C/[C@@H](O)C[C@@H](O)CC(=O)O)(c2ccc(F)cc2)C1. The van der Waals surface area contributed by atoms with Crippen LogP contribution < -0.4 is 0 Å². The fourth-order valence-corrected chi connectivity index (χ4v) is 4.15. The number of aliphatic hydroxyl groups is 2. The minimum atomic E-state index is -1.13. The van der Waals surface area contributed by atoms with E-state index in [0.29, 0.717) is 12.3 Å². The van der Waals surface area contributed by atoms with Gasteiger partial charge in [0.2, 0.25) is 0 Å². The number of halogens is 1. The number of hydrogen-bond acceptors (Lipinski definition) is 4. The summed E-state index contributed by atoms with van der Waals surface area (Å²) in [5.41, 5.74) is 2.57. The molecule has 0 saturated heterocycles. The van der Waals surface area contributed by atoms with E-state index in [-0.39, 0.29) is 12.2 Å². The molecule has 0 amide bonds. The van der Waals surface area contributed by atoms with Gasteiger partial charge in [-0.25, -0.2) is 4.39 Å². The van der Waals surface area contributed by atoms with E-state index in [9.17, 15) is 19.4 Å². The van der Waals surface area contributed by atoms with Gasteiger partial charge in [0.25, 0.3) is 0 Å². The number of carboxylic acid groups (broad SMARTS) is 1. The number of rotatable bonds is 8. The smallest absolute Gasteiger partial charge is 0.305 e. The zero-order chi connectivity index (χ0) is 21.9. The van der Waals surface area contributed by atoms with Crippen LogP contribution in [0.5, 0.6) is 0 Å². The van der Waals surface area contributed by atoms with Crippen molar-refractivity contribution in [3.8, 4) is 0 Å². The Morgan fingerprint density at radius 1 is 1.23 bits per heavy atom. The number of aliphatic hydroxyl groups excluding tert-OH is 2. The maximum Gasteiger partial charge on any atom is 0.305 e. The minimum Gasteiger partial charge on any atom is -0.481 e. The van der Waals surface area contributed by atoms with E-state index >= 15 is 0 Å². The van der Waals surface area contributed by atoms with Gasteiger partial charge in [-0.05, 0) is 41.3 Å². The van der Waals surface area contributed by atoms with Gasteiger partial charge in [-0.3, -0.25) is 4.79 Å². The van der Waals surface area contributed by atoms with E-state index in [0.717, 1.165) is 11.3 Å². The molecule has 0 saturated carbocycles. The lowest BCUT2D eigenvalue weighted by Crippen LogP contribution is -2.37. The van der Waals surface area contributed by atoms with Gasteiger partial charge in [0, 0.05) is 24.7 Å². The molecule has 0 spiro atoms. The molecule has 0 fully saturated rings. The van der Waals surface area contributed by atoms with Crippen molar-refractivity contribution in [2.45, 2.75) is 50.9 Å². The lowest BCUT2D eigenvalue weighted by molar-refractivity contribution is -0.139. The number of nitrogens with zero attached hydrogens (tertiary/aromatic N) is 1. The monoisotopic (exact) mass is 413 g/mol. The van der Waals surface area contributed by atoms with Gasteiger partial charge in [-0.2, -0.15) is 0 Å². The molecule has 6 heteroatoms. The number of fused-ring (bicyclic) bond motifs is 1. The minimum absolute atomic E-state index is 0.0740. The summed E-state index contributed by atoms with van der Waals surface area (Å²) in [6.07, 6.45) is 9.47. The van der Waals surface area contributed by atoms with E-state index in [1.165, 1.54) is 17.7 Å².